The molecular formula is C37H41F3O. The van der Waals surface area contributed by atoms with Gasteiger partial charge in [-0.15, -0.1) is 0 Å². The zero-order chi connectivity index (χ0) is 28.3. The van der Waals surface area contributed by atoms with E-state index in [4.69, 9.17) is 4.74 Å². The molecular weight excluding hydrogens is 517 g/mol. The van der Waals surface area contributed by atoms with Crippen LogP contribution in [0.2, 0.25) is 0 Å². The van der Waals surface area contributed by atoms with E-state index in [0.717, 1.165) is 41.7 Å². The Bertz CT molecular complexity index is 1360. The Balaban J connectivity index is 1.05. The fourth-order valence-electron chi connectivity index (χ4n) is 7.48. The third-order valence-electron chi connectivity index (χ3n) is 10.1. The number of ether oxygens (including phenoxy) is 1. The van der Waals surface area contributed by atoms with Crippen molar-refractivity contribution in [1.82, 2.24) is 0 Å². The van der Waals surface area contributed by atoms with E-state index in [1.165, 1.54) is 51.4 Å². The van der Waals surface area contributed by atoms with Gasteiger partial charge in [0.1, 0.15) is 11.9 Å². The van der Waals surface area contributed by atoms with Crippen molar-refractivity contribution in [3.63, 3.8) is 0 Å². The van der Waals surface area contributed by atoms with Crippen molar-refractivity contribution in [2.24, 2.45) is 17.8 Å². The zero-order valence-electron chi connectivity index (χ0n) is 24.1. The molecule has 1 atom stereocenters. The maximum Gasteiger partial charge on any atom is 0.167 e. The average molecular weight is 559 g/mol. The van der Waals surface area contributed by atoms with Crippen LogP contribution in [0.25, 0.3) is 22.3 Å². The molecule has 2 aliphatic carbocycles. The summed E-state index contributed by atoms with van der Waals surface area (Å²) in [5.41, 5.74) is 3.38. The van der Waals surface area contributed by atoms with E-state index in [1.807, 2.05) is 6.07 Å². The first-order valence-corrected chi connectivity index (χ1v) is 15.6. The highest BCUT2D eigenvalue weighted by Gasteiger charge is 2.32. The number of epoxide rings is 1. The number of halogens is 3. The molecule has 3 aromatic carbocycles. The molecule has 4 heteroatoms. The van der Waals surface area contributed by atoms with Crippen molar-refractivity contribution in [3.8, 4) is 22.3 Å². The molecule has 0 N–H and O–H groups in total. The Morgan fingerprint density at radius 3 is 1.95 bits per heavy atom. The highest BCUT2D eigenvalue weighted by molar-refractivity contribution is 5.71. The van der Waals surface area contributed by atoms with Crippen molar-refractivity contribution in [1.29, 1.82) is 0 Å². The number of hydrogen-bond acceptors (Lipinski definition) is 1. The first-order valence-electron chi connectivity index (χ1n) is 15.6. The third-order valence-corrected chi connectivity index (χ3v) is 10.1. The van der Waals surface area contributed by atoms with E-state index >= 15 is 4.39 Å². The van der Waals surface area contributed by atoms with Crippen molar-refractivity contribution in [2.45, 2.75) is 83.2 Å². The lowest BCUT2D eigenvalue weighted by Gasteiger charge is -2.38. The summed E-state index contributed by atoms with van der Waals surface area (Å²) in [7, 11) is 0. The summed E-state index contributed by atoms with van der Waals surface area (Å²) in [6, 6.07) is 15.9. The molecule has 1 unspecified atom stereocenters. The van der Waals surface area contributed by atoms with Gasteiger partial charge in [0.25, 0.3) is 0 Å². The molecule has 0 spiro atoms. The summed E-state index contributed by atoms with van der Waals surface area (Å²) in [4.78, 5) is 0. The van der Waals surface area contributed by atoms with Gasteiger partial charge in [0, 0.05) is 16.7 Å². The molecule has 1 saturated heterocycles. The fraction of sp³-hybridized carbons (Fsp3) is 0.459. The molecule has 2 saturated carbocycles. The molecule has 0 radical (unpaired) electrons. The van der Waals surface area contributed by atoms with Gasteiger partial charge in [-0.05, 0) is 105 Å². The van der Waals surface area contributed by atoms with Gasteiger partial charge >= 0.3 is 0 Å². The molecule has 1 aliphatic heterocycles. The number of hydrogen-bond donors (Lipinski definition) is 0. The van der Waals surface area contributed by atoms with E-state index in [0.29, 0.717) is 23.7 Å². The lowest BCUT2D eigenvalue weighted by Crippen LogP contribution is -2.25. The van der Waals surface area contributed by atoms with Crippen molar-refractivity contribution in [3.05, 3.63) is 95.3 Å². The topological polar surface area (TPSA) is 12.5 Å². The van der Waals surface area contributed by atoms with Gasteiger partial charge in [-0.3, -0.25) is 0 Å². The Labute approximate surface area is 242 Å². The first kappa shape index (κ1) is 28.3. The summed E-state index contributed by atoms with van der Waals surface area (Å²) in [5, 5.41) is 0. The monoisotopic (exact) mass is 558 g/mol. The predicted octanol–water partition coefficient (Wildman–Crippen LogP) is 10.9. The molecule has 3 aromatic rings. The molecule has 0 bridgehead atoms. The second kappa shape index (κ2) is 12.6. The Morgan fingerprint density at radius 1 is 0.732 bits per heavy atom. The minimum absolute atomic E-state index is 0.197. The first-order chi connectivity index (χ1) is 20.0. The molecule has 0 aromatic heterocycles. The number of rotatable bonds is 8. The van der Waals surface area contributed by atoms with E-state index in [1.54, 1.807) is 42.5 Å². The second-order valence-corrected chi connectivity index (χ2v) is 12.5. The van der Waals surface area contributed by atoms with E-state index in [2.05, 4.69) is 25.1 Å². The number of benzene rings is 3. The zero-order valence-corrected chi connectivity index (χ0v) is 24.1. The fourth-order valence-corrected chi connectivity index (χ4v) is 7.48. The van der Waals surface area contributed by atoms with E-state index in [9.17, 15) is 8.78 Å². The largest absolute Gasteiger partial charge is 0.368 e. The van der Waals surface area contributed by atoms with Crippen LogP contribution in [0.3, 0.4) is 0 Å². The highest BCUT2D eigenvalue weighted by atomic mass is 19.2. The molecule has 6 rings (SSSR count). The minimum atomic E-state index is -0.872. The van der Waals surface area contributed by atoms with Crippen LogP contribution >= 0.6 is 0 Å². The van der Waals surface area contributed by atoms with Gasteiger partial charge in [0.2, 0.25) is 0 Å². The number of allylic oxidation sites excluding steroid dienone is 2. The maximum atomic E-state index is 15.3. The van der Waals surface area contributed by atoms with Crippen LogP contribution in [0.4, 0.5) is 13.2 Å². The van der Waals surface area contributed by atoms with Crippen molar-refractivity contribution >= 4 is 0 Å². The molecule has 216 valence electrons. The summed E-state index contributed by atoms with van der Waals surface area (Å²) >= 11 is 0. The summed E-state index contributed by atoms with van der Waals surface area (Å²) < 4.78 is 49.7. The van der Waals surface area contributed by atoms with Gasteiger partial charge < -0.3 is 4.74 Å². The van der Waals surface area contributed by atoms with Crippen LogP contribution in [-0.4, -0.2) is 6.61 Å². The maximum absolute atomic E-state index is 15.3. The van der Waals surface area contributed by atoms with Crippen molar-refractivity contribution in [2.75, 3.05) is 6.61 Å². The average Bonchev–Trinajstić information content (AvgIpc) is 3.85. The Kier molecular flexibility index (Phi) is 8.67. The molecule has 1 nitrogen and oxygen atoms in total. The molecule has 1 heterocycles. The molecule has 41 heavy (non-hydrogen) atoms. The third kappa shape index (κ3) is 6.33. The standard InChI is InChI=1S/C37H41F3O/c1-2-3-4-5-24-6-8-25(9-7-24)26-10-12-27(13-11-26)30-18-19-31(34(38)22-30)28-14-16-29(17-15-28)32-20-21-33(35-23-41-35)37(40)36(32)39/h2-3,14-22,24-27,35H,4-13,23H2,1H3/b3-2+. The van der Waals surface area contributed by atoms with Crippen molar-refractivity contribution < 1.29 is 17.9 Å². The minimum Gasteiger partial charge on any atom is -0.368 e. The van der Waals surface area contributed by atoms with Gasteiger partial charge in [-0.25, -0.2) is 13.2 Å². The van der Waals surface area contributed by atoms with Gasteiger partial charge in [-0.1, -0.05) is 73.5 Å². The molecule has 0 amide bonds. The quantitative estimate of drug-likeness (QED) is 0.198. The van der Waals surface area contributed by atoms with E-state index < -0.39 is 11.6 Å². The van der Waals surface area contributed by atoms with Crippen LogP contribution in [0.1, 0.15) is 94.3 Å². The van der Waals surface area contributed by atoms with Crippen LogP contribution in [-0.2, 0) is 4.74 Å². The van der Waals surface area contributed by atoms with Gasteiger partial charge in [-0.2, -0.15) is 0 Å². The van der Waals surface area contributed by atoms with Crippen LogP contribution < -0.4 is 0 Å². The molecule has 3 fully saturated rings. The summed E-state index contributed by atoms with van der Waals surface area (Å²) in [6.45, 7) is 2.53. The summed E-state index contributed by atoms with van der Waals surface area (Å²) in [5.74, 6) is 1.11. The van der Waals surface area contributed by atoms with E-state index in [-0.39, 0.29) is 23.0 Å². The Morgan fingerprint density at radius 2 is 1.34 bits per heavy atom. The predicted molar refractivity (Wildman–Crippen MR) is 160 cm³/mol. The van der Waals surface area contributed by atoms with Crippen LogP contribution in [0, 0.1) is 35.2 Å². The van der Waals surface area contributed by atoms with Crippen LogP contribution in [0.15, 0.2) is 66.7 Å². The lowest BCUT2D eigenvalue weighted by molar-refractivity contribution is 0.157. The van der Waals surface area contributed by atoms with Gasteiger partial charge in [0.05, 0.1) is 6.61 Å². The highest BCUT2D eigenvalue weighted by Crippen LogP contribution is 2.45. The smallest absolute Gasteiger partial charge is 0.167 e. The van der Waals surface area contributed by atoms with Gasteiger partial charge in [0.15, 0.2) is 11.6 Å². The van der Waals surface area contributed by atoms with Crippen LogP contribution in [0.5, 0.6) is 0 Å². The lowest BCUT2D eigenvalue weighted by atomic mass is 9.68. The summed E-state index contributed by atoms with van der Waals surface area (Å²) in [6.07, 6.45) is 17.1. The SMILES string of the molecule is C/C=C/CCC1CCC(C2CCC(c3ccc(-c4ccc(-c5ccc(C6CO6)c(F)c5F)cc4)c(F)c3)CC2)CC1. The normalized spacial score (nSPS) is 26.4. The Hall–Kier alpha value is -2.85. The second-order valence-electron chi connectivity index (χ2n) is 12.5. The molecule has 3 aliphatic rings.